The molecule has 0 bridgehead atoms. The molecule has 1 atom stereocenters. The van der Waals surface area contributed by atoms with E-state index in [1.54, 1.807) is 24.5 Å². The van der Waals surface area contributed by atoms with Crippen LogP contribution in [0.4, 0.5) is 15.8 Å². The highest BCUT2D eigenvalue weighted by Gasteiger charge is 2.27. The number of para-hydroxylation sites is 2. The second kappa shape index (κ2) is 7.09. The third-order valence-corrected chi connectivity index (χ3v) is 5.19. The van der Waals surface area contributed by atoms with Crippen LogP contribution in [0.2, 0.25) is 0 Å². The van der Waals surface area contributed by atoms with Gasteiger partial charge in [-0.05, 0) is 42.8 Å². The molecule has 3 N–H and O–H groups in total. The molecular weight excluding hydrogens is 371 g/mol. The molecule has 0 radical (unpaired) electrons. The summed E-state index contributed by atoms with van der Waals surface area (Å²) in [6.07, 6.45) is 6.53. The molecule has 29 heavy (non-hydrogen) atoms. The normalized spacial score (nSPS) is 18.4. The fraction of sp³-hybridized carbons (Fsp3) is 0.182. The van der Waals surface area contributed by atoms with E-state index in [4.69, 9.17) is 4.74 Å². The van der Waals surface area contributed by atoms with Gasteiger partial charge in [-0.3, -0.25) is 4.79 Å². The van der Waals surface area contributed by atoms with Crippen LogP contribution in [0.25, 0.3) is 11.0 Å². The van der Waals surface area contributed by atoms with Crippen molar-refractivity contribution in [2.75, 3.05) is 17.2 Å². The Morgan fingerprint density at radius 1 is 1.21 bits per heavy atom. The average Bonchev–Trinajstić information content (AvgIpc) is 3.36. The van der Waals surface area contributed by atoms with E-state index in [1.807, 2.05) is 30.3 Å². The molecule has 0 saturated carbocycles. The molecule has 1 aromatic carbocycles. The van der Waals surface area contributed by atoms with Gasteiger partial charge in [0.1, 0.15) is 18.4 Å². The molecule has 3 heterocycles. The summed E-state index contributed by atoms with van der Waals surface area (Å²) in [5.41, 5.74) is 3.16. The lowest BCUT2D eigenvalue weighted by atomic mass is 9.91. The van der Waals surface area contributed by atoms with Gasteiger partial charge in [-0.1, -0.05) is 12.1 Å². The number of carbonyl (C=O) groups is 1. The Morgan fingerprint density at radius 2 is 2.00 bits per heavy atom. The maximum Gasteiger partial charge on any atom is 0.172 e. The van der Waals surface area contributed by atoms with Gasteiger partial charge in [-0.15, -0.1) is 0 Å². The van der Waals surface area contributed by atoms with Crippen LogP contribution in [0.1, 0.15) is 19.6 Å². The summed E-state index contributed by atoms with van der Waals surface area (Å²) in [5, 5.41) is 7.31. The van der Waals surface area contributed by atoms with Gasteiger partial charge >= 0.3 is 0 Å². The maximum atomic E-state index is 14.6. The van der Waals surface area contributed by atoms with Gasteiger partial charge in [0.05, 0.1) is 11.4 Å². The first-order chi connectivity index (χ1) is 14.2. The predicted molar refractivity (Wildman–Crippen MR) is 113 cm³/mol. The second-order valence-corrected chi connectivity index (χ2v) is 7.09. The topological polar surface area (TPSA) is 79.0 Å². The maximum absolute atomic E-state index is 14.6. The van der Waals surface area contributed by atoms with Crippen LogP contribution in [0.15, 0.2) is 72.5 Å². The Labute approximate surface area is 169 Å². The standard InChI is InChI=1S/C22H19FN4O2.2H2/c23-16-10-13(21(28)15-11-25-22-14(15)4-3-9-24-22)7-8-19(16)29-12-20-26-17-5-1-2-6-18(17)27-20;;/h1-6,8-11,13,20,26-27H,7,12H2,(H,24,25);2*1H. The van der Waals surface area contributed by atoms with Gasteiger partial charge in [-0.2, -0.15) is 0 Å². The number of nitrogens with one attached hydrogen (secondary N) is 3. The molecule has 1 aliphatic heterocycles. The molecule has 5 rings (SSSR count). The van der Waals surface area contributed by atoms with Gasteiger partial charge < -0.3 is 20.4 Å². The Morgan fingerprint density at radius 3 is 2.76 bits per heavy atom. The van der Waals surface area contributed by atoms with Gasteiger partial charge in [0, 0.05) is 32.1 Å². The van der Waals surface area contributed by atoms with E-state index >= 15 is 0 Å². The zero-order valence-electron chi connectivity index (χ0n) is 15.5. The predicted octanol–water partition coefficient (Wildman–Crippen LogP) is 4.88. The number of fused-ring (bicyclic) bond motifs is 2. The number of hydrogen-bond acceptors (Lipinski definition) is 5. The Hall–Kier alpha value is -3.61. The SMILES string of the molecule is O=C(c1c[nH]c2ncccc12)C1C=C(F)C(OCC2Nc3ccccc3N2)=CC1.[HH].[HH]. The molecule has 2 aromatic heterocycles. The Bertz CT molecular complexity index is 1140. The first-order valence-electron chi connectivity index (χ1n) is 9.48. The number of allylic oxidation sites excluding steroid dienone is 3. The van der Waals surface area contributed by atoms with Crippen molar-refractivity contribution in [3.63, 3.8) is 0 Å². The largest absolute Gasteiger partial charge is 0.487 e. The molecule has 0 saturated heterocycles. The number of halogens is 1. The first-order valence-corrected chi connectivity index (χ1v) is 9.48. The van der Waals surface area contributed by atoms with Crippen molar-refractivity contribution in [1.29, 1.82) is 0 Å². The minimum atomic E-state index is -0.562. The summed E-state index contributed by atoms with van der Waals surface area (Å²) in [6.45, 7) is 0.258. The summed E-state index contributed by atoms with van der Waals surface area (Å²) in [6, 6.07) is 11.4. The van der Waals surface area contributed by atoms with Crippen LogP contribution in [-0.2, 0) is 4.74 Å². The van der Waals surface area contributed by atoms with E-state index in [2.05, 4.69) is 20.6 Å². The van der Waals surface area contributed by atoms with Crippen molar-refractivity contribution >= 4 is 28.2 Å². The van der Waals surface area contributed by atoms with E-state index in [1.165, 1.54) is 6.08 Å². The Balaban J connectivity index is 0.00000136. The van der Waals surface area contributed by atoms with Crippen LogP contribution < -0.4 is 10.6 Å². The van der Waals surface area contributed by atoms with Crippen molar-refractivity contribution in [3.05, 3.63) is 78.1 Å². The smallest absolute Gasteiger partial charge is 0.172 e. The number of pyridine rings is 1. The lowest BCUT2D eigenvalue weighted by molar-refractivity contribution is 0.0942. The number of rotatable bonds is 5. The van der Waals surface area contributed by atoms with E-state index in [0.29, 0.717) is 17.6 Å². The van der Waals surface area contributed by atoms with Crippen LogP contribution in [0, 0.1) is 5.92 Å². The number of carbonyl (C=O) groups excluding carboxylic acids is 1. The molecule has 7 heteroatoms. The number of aromatic amines is 1. The number of ether oxygens (including phenoxy) is 1. The van der Waals surface area contributed by atoms with Crippen molar-refractivity contribution in [1.82, 2.24) is 9.97 Å². The second-order valence-electron chi connectivity index (χ2n) is 7.09. The molecule has 1 unspecified atom stereocenters. The van der Waals surface area contributed by atoms with Gasteiger partial charge in [-0.25, -0.2) is 9.37 Å². The summed E-state index contributed by atoms with van der Waals surface area (Å²) < 4.78 is 20.3. The van der Waals surface area contributed by atoms with E-state index in [0.717, 1.165) is 16.8 Å². The lowest BCUT2D eigenvalue weighted by Gasteiger charge is -2.19. The highest BCUT2D eigenvalue weighted by Crippen LogP contribution is 2.31. The van der Waals surface area contributed by atoms with Gasteiger partial charge in [0.15, 0.2) is 17.4 Å². The fourth-order valence-electron chi connectivity index (χ4n) is 3.73. The van der Waals surface area contributed by atoms with Crippen LogP contribution in [0.3, 0.4) is 0 Å². The van der Waals surface area contributed by atoms with Crippen LogP contribution in [0.5, 0.6) is 0 Å². The molecule has 3 aromatic rings. The third kappa shape index (κ3) is 3.24. The number of ketones is 1. The molecule has 1 aliphatic carbocycles. The average molecular weight is 394 g/mol. The number of Topliss-reactive ketones (excluding diaryl/α,β-unsaturated/α-hetero) is 1. The summed E-state index contributed by atoms with van der Waals surface area (Å²) in [5.74, 6) is -1.03. The number of H-pyrrole nitrogens is 1. The molecule has 0 fully saturated rings. The number of nitrogens with zero attached hydrogens (tertiary/aromatic N) is 1. The fourth-order valence-corrected chi connectivity index (χ4v) is 3.73. The highest BCUT2D eigenvalue weighted by molar-refractivity contribution is 6.09. The van der Waals surface area contributed by atoms with Crippen LogP contribution in [-0.4, -0.2) is 28.5 Å². The van der Waals surface area contributed by atoms with Gasteiger partial charge in [0.25, 0.3) is 0 Å². The summed E-state index contributed by atoms with van der Waals surface area (Å²) >= 11 is 0. The zero-order chi connectivity index (χ0) is 19.8. The number of hydrogen-bond donors (Lipinski definition) is 3. The first kappa shape index (κ1) is 17.5. The van der Waals surface area contributed by atoms with E-state index in [-0.39, 0.29) is 27.2 Å². The minimum absolute atomic E-state index is 0. The van der Waals surface area contributed by atoms with Crippen LogP contribution >= 0.6 is 0 Å². The van der Waals surface area contributed by atoms with E-state index < -0.39 is 11.7 Å². The van der Waals surface area contributed by atoms with Crippen molar-refractivity contribution in [2.24, 2.45) is 5.92 Å². The molecule has 2 aliphatic rings. The molecule has 150 valence electrons. The minimum Gasteiger partial charge on any atom is -0.487 e. The summed E-state index contributed by atoms with van der Waals surface area (Å²) in [7, 11) is 0. The van der Waals surface area contributed by atoms with Gasteiger partial charge in [0.2, 0.25) is 0 Å². The molecule has 6 nitrogen and oxygen atoms in total. The third-order valence-electron chi connectivity index (χ3n) is 5.19. The molecule has 0 spiro atoms. The lowest BCUT2D eigenvalue weighted by Crippen LogP contribution is -2.28. The monoisotopic (exact) mass is 394 g/mol. The number of anilines is 2. The molecular formula is C22H23FN4O2. The molecule has 0 amide bonds. The number of aromatic nitrogens is 2. The highest BCUT2D eigenvalue weighted by atomic mass is 19.1. The van der Waals surface area contributed by atoms with Crippen molar-refractivity contribution in [2.45, 2.75) is 12.6 Å². The van der Waals surface area contributed by atoms with Crippen molar-refractivity contribution in [3.8, 4) is 0 Å². The quantitative estimate of drug-likeness (QED) is 0.538. The Kier molecular flexibility index (Phi) is 4.27. The zero-order valence-corrected chi connectivity index (χ0v) is 15.5. The number of benzene rings is 1. The summed E-state index contributed by atoms with van der Waals surface area (Å²) in [4.78, 5) is 20.1. The van der Waals surface area contributed by atoms with Crippen molar-refractivity contribution < 1.29 is 16.8 Å². The van der Waals surface area contributed by atoms with E-state index in [9.17, 15) is 9.18 Å².